The Hall–Kier alpha value is -1.83. The number of benzene rings is 2. The molecule has 0 fully saturated rings. The lowest BCUT2D eigenvalue weighted by Gasteiger charge is -2.16. The maximum atomic E-state index is 11.7. The van der Waals surface area contributed by atoms with Gasteiger partial charge in [-0.15, -0.1) is 0 Å². The van der Waals surface area contributed by atoms with Crippen LogP contribution >= 0.6 is 43.6 Å². The van der Waals surface area contributed by atoms with Gasteiger partial charge in [-0.25, -0.2) is 9.59 Å². The van der Waals surface area contributed by atoms with E-state index in [0.29, 0.717) is 30.2 Å². The van der Waals surface area contributed by atoms with E-state index in [4.69, 9.17) is 9.47 Å². The van der Waals surface area contributed by atoms with Crippen LogP contribution in [0.15, 0.2) is 68.3 Å². The van der Waals surface area contributed by atoms with Gasteiger partial charge in [0.25, 0.3) is 0 Å². The average molecular weight is 512 g/mol. The minimum absolute atomic E-state index is 0.377. The predicted octanol–water partition coefficient (Wildman–Crippen LogP) is 6.16. The topological polar surface area (TPSA) is 52.6 Å². The molecule has 0 unspecified atom stereocenters. The van der Waals surface area contributed by atoms with Crippen molar-refractivity contribution in [2.45, 2.75) is 23.6 Å². The highest BCUT2D eigenvalue weighted by Gasteiger charge is 2.19. The van der Waals surface area contributed by atoms with Crippen LogP contribution < -0.4 is 9.47 Å². The Bertz CT molecular complexity index is 863. The van der Waals surface area contributed by atoms with Crippen LogP contribution in [0.1, 0.15) is 11.1 Å². The van der Waals surface area contributed by atoms with Crippen molar-refractivity contribution in [3.8, 4) is 11.5 Å². The number of ether oxygens (including phenoxy) is 2. The Morgan fingerprint density at radius 1 is 0.852 bits per heavy atom. The molecule has 0 bridgehead atoms. The first-order valence-corrected chi connectivity index (χ1v) is 10.1. The molecule has 2 aromatic rings. The van der Waals surface area contributed by atoms with Crippen molar-refractivity contribution in [1.29, 1.82) is 0 Å². The molecule has 0 atom stereocenters. The van der Waals surface area contributed by atoms with E-state index >= 15 is 0 Å². The van der Waals surface area contributed by atoms with Gasteiger partial charge in [0.15, 0.2) is 11.5 Å². The van der Waals surface area contributed by atoms with Crippen LogP contribution in [0.5, 0.6) is 11.5 Å². The number of hydrogen-bond donors (Lipinski definition) is 0. The second-order valence-corrected chi connectivity index (χ2v) is 8.07. The van der Waals surface area contributed by atoms with Crippen molar-refractivity contribution in [2.75, 3.05) is 0 Å². The fourth-order valence-corrected chi connectivity index (χ4v) is 4.13. The first kappa shape index (κ1) is 21.5. The van der Waals surface area contributed by atoms with Gasteiger partial charge in [-0.05, 0) is 69.0 Å². The van der Waals surface area contributed by atoms with Crippen LogP contribution in [0.4, 0.5) is 0 Å². The maximum absolute atomic E-state index is 11.7. The van der Waals surface area contributed by atoms with E-state index in [1.54, 1.807) is 0 Å². The Labute approximate surface area is 178 Å². The van der Waals surface area contributed by atoms with Crippen molar-refractivity contribution >= 4 is 55.6 Å². The molecule has 0 saturated heterocycles. The number of carbonyl (C=O) groups excluding carboxylic acids is 2. The molecule has 0 aliphatic heterocycles. The maximum Gasteiger partial charge on any atom is 0.335 e. The molecule has 0 aliphatic rings. The van der Waals surface area contributed by atoms with Gasteiger partial charge in [-0.1, -0.05) is 37.1 Å². The van der Waals surface area contributed by atoms with E-state index < -0.39 is 11.9 Å². The molecule has 0 spiro atoms. The van der Waals surface area contributed by atoms with Crippen LogP contribution in [0.3, 0.4) is 0 Å². The molecule has 0 aromatic heterocycles. The van der Waals surface area contributed by atoms with Gasteiger partial charge in [-0.3, -0.25) is 0 Å². The summed E-state index contributed by atoms with van der Waals surface area (Å²) in [7, 11) is 0. The highest BCUT2D eigenvalue weighted by Crippen LogP contribution is 2.46. The SMILES string of the molecule is C=CC(=O)Oc1c(Sc2ccc(C)c(Br)c2OC(=O)C=C)ccc(C)c1Br. The third-order valence-corrected chi connectivity index (χ3v) is 6.52. The zero-order chi connectivity index (χ0) is 20.1. The molecule has 7 heteroatoms. The quantitative estimate of drug-likeness (QED) is 0.264. The summed E-state index contributed by atoms with van der Waals surface area (Å²) < 4.78 is 12.2. The lowest BCUT2D eigenvalue weighted by atomic mass is 10.2. The number of aryl methyl sites for hydroxylation is 2. The van der Waals surface area contributed by atoms with Gasteiger partial charge < -0.3 is 9.47 Å². The van der Waals surface area contributed by atoms with Crippen LogP contribution in [-0.4, -0.2) is 11.9 Å². The molecule has 2 aromatic carbocycles. The molecule has 140 valence electrons. The highest BCUT2D eigenvalue weighted by atomic mass is 79.9. The zero-order valence-corrected chi connectivity index (χ0v) is 18.7. The van der Waals surface area contributed by atoms with Crippen molar-refractivity contribution in [3.05, 3.63) is 69.6 Å². The molecule has 27 heavy (non-hydrogen) atoms. The number of rotatable bonds is 6. The highest BCUT2D eigenvalue weighted by molar-refractivity contribution is 9.11. The summed E-state index contributed by atoms with van der Waals surface area (Å²) in [5, 5.41) is 0. The number of carbonyl (C=O) groups is 2. The van der Waals surface area contributed by atoms with Crippen LogP contribution in [0.2, 0.25) is 0 Å². The first-order valence-electron chi connectivity index (χ1n) is 7.73. The Balaban J connectivity index is 2.54. The lowest BCUT2D eigenvalue weighted by Crippen LogP contribution is -2.06. The zero-order valence-electron chi connectivity index (χ0n) is 14.7. The molecular weight excluding hydrogens is 496 g/mol. The summed E-state index contributed by atoms with van der Waals surface area (Å²) in [5.41, 5.74) is 1.82. The number of esters is 2. The van der Waals surface area contributed by atoms with Crippen molar-refractivity contribution in [1.82, 2.24) is 0 Å². The van der Waals surface area contributed by atoms with Crippen molar-refractivity contribution in [2.24, 2.45) is 0 Å². The fourth-order valence-electron chi connectivity index (χ4n) is 2.03. The van der Waals surface area contributed by atoms with E-state index in [0.717, 1.165) is 23.3 Å². The van der Waals surface area contributed by atoms with Crippen LogP contribution in [-0.2, 0) is 9.59 Å². The molecule has 0 N–H and O–H groups in total. The van der Waals surface area contributed by atoms with E-state index in [2.05, 4.69) is 45.0 Å². The van der Waals surface area contributed by atoms with Crippen LogP contribution in [0, 0.1) is 13.8 Å². The van der Waals surface area contributed by atoms with Crippen LogP contribution in [0.25, 0.3) is 0 Å². The summed E-state index contributed by atoms with van der Waals surface area (Å²) in [6.07, 6.45) is 2.20. The molecule has 0 radical (unpaired) electrons. The summed E-state index contributed by atoms with van der Waals surface area (Å²) in [4.78, 5) is 24.8. The third kappa shape index (κ3) is 5.12. The van der Waals surface area contributed by atoms with E-state index in [1.807, 2.05) is 38.1 Å². The van der Waals surface area contributed by atoms with E-state index in [1.165, 1.54) is 11.8 Å². The summed E-state index contributed by atoms with van der Waals surface area (Å²) in [6.45, 7) is 10.6. The summed E-state index contributed by atoms with van der Waals surface area (Å²) in [5.74, 6) is -0.372. The van der Waals surface area contributed by atoms with Gasteiger partial charge in [0.05, 0.1) is 18.7 Å². The number of halogens is 2. The minimum atomic E-state index is -0.563. The largest absolute Gasteiger partial charge is 0.421 e. The number of hydrogen-bond acceptors (Lipinski definition) is 5. The molecule has 2 rings (SSSR count). The van der Waals surface area contributed by atoms with E-state index in [-0.39, 0.29) is 0 Å². The van der Waals surface area contributed by atoms with Gasteiger partial charge in [0.2, 0.25) is 0 Å². The predicted molar refractivity (Wildman–Crippen MR) is 114 cm³/mol. The molecule has 0 aliphatic carbocycles. The summed E-state index contributed by atoms with van der Waals surface area (Å²) in [6, 6.07) is 7.47. The first-order chi connectivity index (χ1) is 12.8. The Morgan fingerprint density at radius 2 is 1.22 bits per heavy atom. The van der Waals surface area contributed by atoms with E-state index in [9.17, 15) is 9.59 Å². The lowest BCUT2D eigenvalue weighted by molar-refractivity contribution is -0.130. The van der Waals surface area contributed by atoms with Crippen molar-refractivity contribution < 1.29 is 19.1 Å². The van der Waals surface area contributed by atoms with Gasteiger partial charge >= 0.3 is 11.9 Å². The average Bonchev–Trinajstić information content (AvgIpc) is 2.66. The molecular formula is C20H16Br2O4S. The fraction of sp³-hybridized carbons (Fsp3) is 0.100. The smallest absolute Gasteiger partial charge is 0.335 e. The van der Waals surface area contributed by atoms with Crippen molar-refractivity contribution in [3.63, 3.8) is 0 Å². The molecule has 0 heterocycles. The van der Waals surface area contributed by atoms with Gasteiger partial charge in [0.1, 0.15) is 0 Å². The van der Waals surface area contributed by atoms with Gasteiger partial charge in [0, 0.05) is 12.2 Å². The van der Waals surface area contributed by atoms with Gasteiger partial charge in [-0.2, -0.15) is 0 Å². The monoisotopic (exact) mass is 510 g/mol. The standard InChI is InChI=1S/C20H16Br2O4S/c1-5-15(23)25-19-13(9-7-11(3)17(19)21)27-14-10-8-12(4)18(22)20(14)26-16(24)6-2/h5-10H,1-2H2,3-4H3. The second kappa shape index (κ2) is 9.39. The minimum Gasteiger partial charge on any atom is -0.421 e. The molecule has 4 nitrogen and oxygen atoms in total. The second-order valence-electron chi connectivity index (χ2n) is 5.40. The Kier molecular flexibility index (Phi) is 7.47. The summed E-state index contributed by atoms with van der Waals surface area (Å²) >= 11 is 8.24. The Morgan fingerprint density at radius 3 is 1.56 bits per heavy atom. The normalized spacial score (nSPS) is 10.2. The molecule has 0 saturated carbocycles. The third-order valence-electron chi connectivity index (χ3n) is 3.47. The molecule has 0 amide bonds.